The fourth-order valence-electron chi connectivity index (χ4n) is 2.46. The molecule has 2 unspecified atom stereocenters. The molecule has 1 fully saturated rings. The van der Waals surface area contributed by atoms with Gasteiger partial charge in [0.05, 0.1) is 0 Å². The second kappa shape index (κ2) is 5.21. The monoisotopic (exact) mass is 273 g/mol. The molecule has 4 heteroatoms. The maximum absolute atomic E-state index is 6.23. The Bertz CT molecular complexity index is 568. The molecule has 1 aliphatic rings. The van der Waals surface area contributed by atoms with Crippen LogP contribution >= 0.6 is 11.6 Å². The van der Waals surface area contributed by atoms with Crippen molar-refractivity contribution in [3.05, 3.63) is 64.7 Å². The molecular weight excluding hydrogens is 258 g/mol. The highest BCUT2D eigenvalue weighted by atomic mass is 35.5. The molecular formula is C15H16ClN3. The van der Waals surface area contributed by atoms with Crippen LogP contribution in [0.25, 0.3) is 0 Å². The van der Waals surface area contributed by atoms with Crippen molar-refractivity contribution in [2.75, 3.05) is 5.73 Å². The summed E-state index contributed by atoms with van der Waals surface area (Å²) in [4.78, 5) is 0. The molecule has 1 aliphatic heterocycles. The third-order valence-electron chi connectivity index (χ3n) is 3.52. The molecule has 2 aromatic carbocycles. The van der Waals surface area contributed by atoms with Gasteiger partial charge in [-0.3, -0.25) is 0 Å². The molecule has 3 nitrogen and oxygen atoms in total. The van der Waals surface area contributed by atoms with E-state index >= 15 is 0 Å². The summed E-state index contributed by atoms with van der Waals surface area (Å²) in [5.74, 6) is 0. The predicted octanol–water partition coefficient (Wildman–Crippen LogP) is 3.20. The fourth-order valence-corrected chi connectivity index (χ4v) is 2.73. The lowest BCUT2D eigenvalue weighted by Crippen LogP contribution is -2.26. The Balaban J connectivity index is 1.77. The molecule has 2 aromatic rings. The van der Waals surface area contributed by atoms with Gasteiger partial charge in [-0.05, 0) is 35.7 Å². The van der Waals surface area contributed by atoms with Gasteiger partial charge in [0, 0.05) is 22.8 Å². The zero-order valence-electron chi connectivity index (χ0n) is 10.4. The molecule has 0 aromatic heterocycles. The van der Waals surface area contributed by atoms with Gasteiger partial charge in [-0.15, -0.1) is 0 Å². The van der Waals surface area contributed by atoms with E-state index in [1.54, 1.807) is 0 Å². The van der Waals surface area contributed by atoms with Gasteiger partial charge >= 0.3 is 0 Å². The lowest BCUT2D eigenvalue weighted by molar-refractivity contribution is 0.555. The summed E-state index contributed by atoms with van der Waals surface area (Å²) >= 11 is 6.23. The summed E-state index contributed by atoms with van der Waals surface area (Å²) in [5, 5.41) is 0.805. The lowest BCUT2D eigenvalue weighted by atomic mass is 9.97. The summed E-state index contributed by atoms with van der Waals surface area (Å²) < 4.78 is 0. The Morgan fingerprint density at radius 3 is 2.37 bits per heavy atom. The van der Waals surface area contributed by atoms with Gasteiger partial charge in [0.1, 0.15) is 0 Å². The maximum atomic E-state index is 6.23. The third-order valence-corrected chi connectivity index (χ3v) is 3.87. The van der Waals surface area contributed by atoms with E-state index in [0.29, 0.717) is 0 Å². The first-order valence-corrected chi connectivity index (χ1v) is 6.73. The van der Waals surface area contributed by atoms with Crippen molar-refractivity contribution in [1.82, 2.24) is 10.9 Å². The summed E-state index contributed by atoms with van der Waals surface area (Å²) in [6.07, 6.45) is 0.966. The van der Waals surface area contributed by atoms with Gasteiger partial charge in [-0.2, -0.15) is 0 Å². The molecule has 98 valence electrons. The summed E-state index contributed by atoms with van der Waals surface area (Å²) in [6.45, 7) is 0. The van der Waals surface area contributed by atoms with E-state index in [1.165, 1.54) is 5.56 Å². The van der Waals surface area contributed by atoms with Crippen molar-refractivity contribution >= 4 is 17.3 Å². The Morgan fingerprint density at radius 2 is 1.63 bits per heavy atom. The van der Waals surface area contributed by atoms with Crippen LogP contribution in [0, 0.1) is 0 Å². The first-order chi connectivity index (χ1) is 9.24. The molecule has 0 saturated carbocycles. The Hall–Kier alpha value is -1.55. The van der Waals surface area contributed by atoms with E-state index in [-0.39, 0.29) is 12.1 Å². The smallest absolute Gasteiger partial charge is 0.0495 e. The molecule has 0 spiro atoms. The zero-order chi connectivity index (χ0) is 13.2. The van der Waals surface area contributed by atoms with Crippen LogP contribution in [0.2, 0.25) is 5.02 Å². The van der Waals surface area contributed by atoms with Gasteiger partial charge in [0.2, 0.25) is 0 Å². The molecule has 19 heavy (non-hydrogen) atoms. The molecule has 0 radical (unpaired) electrons. The fraction of sp³-hybridized carbons (Fsp3) is 0.200. The average molecular weight is 274 g/mol. The van der Waals surface area contributed by atoms with Crippen molar-refractivity contribution in [2.24, 2.45) is 0 Å². The summed E-state index contributed by atoms with van der Waals surface area (Å²) in [5.41, 5.74) is 15.5. The maximum Gasteiger partial charge on any atom is 0.0495 e. The van der Waals surface area contributed by atoms with Gasteiger partial charge in [0.15, 0.2) is 0 Å². The van der Waals surface area contributed by atoms with E-state index in [2.05, 4.69) is 29.1 Å². The van der Waals surface area contributed by atoms with Crippen molar-refractivity contribution in [3.63, 3.8) is 0 Å². The van der Waals surface area contributed by atoms with Crippen molar-refractivity contribution in [2.45, 2.75) is 18.5 Å². The van der Waals surface area contributed by atoms with Crippen LogP contribution in [-0.4, -0.2) is 0 Å². The molecule has 4 N–H and O–H groups in total. The Labute approximate surface area is 117 Å². The Morgan fingerprint density at radius 1 is 0.947 bits per heavy atom. The number of nitrogens with one attached hydrogen (secondary N) is 2. The number of benzene rings is 2. The van der Waals surface area contributed by atoms with Crippen molar-refractivity contribution < 1.29 is 0 Å². The highest BCUT2D eigenvalue weighted by molar-refractivity contribution is 6.31. The second-order valence-electron chi connectivity index (χ2n) is 4.82. The third kappa shape index (κ3) is 2.59. The van der Waals surface area contributed by atoms with Crippen LogP contribution < -0.4 is 16.6 Å². The van der Waals surface area contributed by atoms with Gasteiger partial charge in [-0.25, -0.2) is 10.9 Å². The largest absolute Gasteiger partial charge is 0.399 e. The number of hydrogen-bond donors (Lipinski definition) is 3. The highest BCUT2D eigenvalue weighted by Crippen LogP contribution is 2.33. The van der Waals surface area contributed by atoms with Crippen LogP contribution in [0.3, 0.4) is 0 Å². The minimum Gasteiger partial charge on any atom is -0.399 e. The second-order valence-corrected chi connectivity index (χ2v) is 5.22. The Kier molecular flexibility index (Phi) is 3.42. The van der Waals surface area contributed by atoms with Gasteiger partial charge < -0.3 is 5.73 Å². The number of hydrogen-bond acceptors (Lipinski definition) is 3. The lowest BCUT2D eigenvalue weighted by Gasteiger charge is -2.11. The van der Waals surface area contributed by atoms with E-state index in [4.69, 9.17) is 17.3 Å². The van der Waals surface area contributed by atoms with Crippen molar-refractivity contribution in [3.8, 4) is 0 Å². The number of nitrogen functional groups attached to an aromatic ring is 1. The first-order valence-electron chi connectivity index (χ1n) is 6.35. The summed E-state index contributed by atoms with van der Waals surface area (Å²) in [7, 11) is 0. The highest BCUT2D eigenvalue weighted by Gasteiger charge is 2.27. The number of anilines is 1. The number of halogens is 1. The molecule has 2 atom stereocenters. The number of rotatable bonds is 2. The summed E-state index contributed by atoms with van der Waals surface area (Å²) in [6, 6.07) is 16.4. The molecule has 1 saturated heterocycles. The van der Waals surface area contributed by atoms with Gasteiger partial charge in [-0.1, -0.05) is 41.9 Å². The SMILES string of the molecule is Nc1ccc(C2CC(c3ccccc3Cl)NN2)cc1. The molecule has 0 amide bonds. The normalized spacial score (nSPS) is 22.6. The average Bonchev–Trinajstić information content (AvgIpc) is 2.89. The van der Waals surface area contributed by atoms with E-state index in [1.807, 2.05) is 30.3 Å². The van der Waals surface area contributed by atoms with Crippen molar-refractivity contribution in [1.29, 1.82) is 0 Å². The minimum atomic E-state index is 0.233. The minimum absolute atomic E-state index is 0.233. The quantitative estimate of drug-likeness (QED) is 0.737. The predicted molar refractivity (Wildman–Crippen MR) is 78.7 cm³/mol. The van der Waals surface area contributed by atoms with Crippen LogP contribution in [0.5, 0.6) is 0 Å². The van der Waals surface area contributed by atoms with Crippen LogP contribution in [-0.2, 0) is 0 Å². The number of nitrogens with two attached hydrogens (primary N) is 1. The van der Waals surface area contributed by atoms with Crippen LogP contribution in [0.15, 0.2) is 48.5 Å². The van der Waals surface area contributed by atoms with E-state index in [9.17, 15) is 0 Å². The van der Waals surface area contributed by atoms with E-state index < -0.39 is 0 Å². The van der Waals surface area contributed by atoms with Crippen LogP contribution in [0.4, 0.5) is 5.69 Å². The molecule has 3 rings (SSSR count). The van der Waals surface area contributed by atoms with Crippen LogP contribution in [0.1, 0.15) is 29.6 Å². The number of hydrazine groups is 1. The topological polar surface area (TPSA) is 50.1 Å². The van der Waals surface area contributed by atoms with E-state index in [0.717, 1.165) is 22.7 Å². The zero-order valence-corrected chi connectivity index (χ0v) is 11.2. The van der Waals surface area contributed by atoms with Gasteiger partial charge in [0.25, 0.3) is 0 Å². The standard InChI is InChI=1S/C15H16ClN3/c16-13-4-2-1-3-12(13)15-9-14(18-19-15)10-5-7-11(17)8-6-10/h1-8,14-15,18-19H,9,17H2. The first kappa shape index (κ1) is 12.5. The molecule has 1 heterocycles. The molecule has 0 aliphatic carbocycles. The molecule has 0 bridgehead atoms.